The first-order chi connectivity index (χ1) is 13.2. The van der Waals surface area contributed by atoms with E-state index in [-0.39, 0.29) is 5.91 Å². The minimum atomic E-state index is -0.290. The zero-order valence-electron chi connectivity index (χ0n) is 15.1. The lowest BCUT2D eigenvalue weighted by Gasteiger charge is -2.12. The number of nitrogens with zero attached hydrogens (tertiary/aromatic N) is 2. The van der Waals surface area contributed by atoms with Gasteiger partial charge in [-0.2, -0.15) is 0 Å². The Kier molecular flexibility index (Phi) is 5.84. The third kappa shape index (κ3) is 4.72. The number of hydrogen-bond donors (Lipinski definition) is 2. The number of pyridine rings is 2. The topological polar surface area (TPSA) is 85.4 Å². The Hall–Kier alpha value is -3.61. The summed E-state index contributed by atoms with van der Waals surface area (Å²) in [7, 11) is 3.11. The number of hydrogen-bond acceptors (Lipinski definition) is 6. The Morgan fingerprint density at radius 3 is 2.56 bits per heavy atom. The van der Waals surface area contributed by atoms with E-state index in [2.05, 4.69) is 20.6 Å². The van der Waals surface area contributed by atoms with Crippen LogP contribution in [0.25, 0.3) is 0 Å². The van der Waals surface area contributed by atoms with Gasteiger partial charge in [0.15, 0.2) is 0 Å². The lowest BCUT2D eigenvalue weighted by Crippen LogP contribution is -2.13. The molecule has 0 aliphatic carbocycles. The molecule has 2 aromatic heterocycles. The van der Waals surface area contributed by atoms with Gasteiger partial charge in [-0.15, -0.1) is 0 Å². The first kappa shape index (κ1) is 18.2. The fourth-order valence-corrected chi connectivity index (χ4v) is 2.47. The lowest BCUT2D eigenvalue weighted by atomic mass is 10.2. The molecule has 0 bridgehead atoms. The van der Waals surface area contributed by atoms with Crippen LogP contribution in [-0.2, 0) is 6.54 Å². The molecule has 2 N–H and O–H groups in total. The number of aromatic nitrogens is 2. The molecular formula is C20H20N4O3. The molecule has 0 radical (unpaired) electrons. The Morgan fingerprint density at radius 1 is 1.00 bits per heavy atom. The van der Waals surface area contributed by atoms with E-state index in [9.17, 15) is 4.79 Å². The van der Waals surface area contributed by atoms with E-state index in [0.29, 0.717) is 29.3 Å². The zero-order valence-corrected chi connectivity index (χ0v) is 15.1. The largest absolute Gasteiger partial charge is 0.497 e. The van der Waals surface area contributed by atoms with Crippen molar-refractivity contribution in [3.05, 3.63) is 72.3 Å². The summed E-state index contributed by atoms with van der Waals surface area (Å²) < 4.78 is 10.5. The summed E-state index contributed by atoms with van der Waals surface area (Å²) in [5.41, 5.74) is 2.79. The van der Waals surface area contributed by atoms with Gasteiger partial charge >= 0.3 is 0 Å². The highest BCUT2D eigenvalue weighted by Gasteiger charge is 2.12. The maximum atomic E-state index is 12.6. The summed E-state index contributed by atoms with van der Waals surface area (Å²) >= 11 is 0. The summed E-state index contributed by atoms with van der Waals surface area (Å²) in [6, 6.07) is 10.8. The second-order valence-corrected chi connectivity index (χ2v) is 5.69. The van der Waals surface area contributed by atoms with Crippen LogP contribution in [-0.4, -0.2) is 30.1 Å². The Morgan fingerprint density at radius 2 is 1.81 bits per heavy atom. The number of carbonyl (C=O) groups is 1. The van der Waals surface area contributed by atoms with Gasteiger partial charge in [0.2, 0.25) is 0 Å². The van der Waals surface area contributed by atoms with Gasteiger partial charge in [0, 0.05) is 37.4 Å². The molecule has 2 heterocycles. The van der Waals surface area contributed by atoms with Crippen LogP contribution in [0.4, 0.5) is 11.4 Å². The van der Waals surface area contributed by atoms with Crippen molar-refractivity contribution in [1.29, 1.82) is 0 Å². The summed E-state index contributed by atoms with van der Waals surface area (Å²) in [5.74, 6) is 0.877. The van der Waals surface area contributed by atoms with Crippen molar-refractivity contribution in [2.75, 3.05) is 24.9 Å². The normalized spacial score (nSPS) is 10.1. The quantitative estimate of drug-likeness (QED) is 0.669. The summed E-state index contributed by atoms with van der Waals surface area (Å²) in [4.78, 5) is 20.8. The Labute approximate surface area is 157 Å². The molecule has 0 unspecified atom stereocenters. The number of rotatable bonds is 7. The predicted octanol–water partition coefficient (Wildman–Crippen LogP) is 3.36. The van der Waals surface area contributed by atoms with E-state index in [1.54, 1.807) is 57.1 Å². The Balaban J connectivity index is 1.72. The zero-order chi connectivity index (χ0) is 19.1. The predicted molar refractivity (Wildman–Crippen MR) is 103 cm³/mol. The van der Waals surface area contributed by atoms with Crippen LogP contribution in [0.5, 0.6) is 11.5 Å². The van der Waals surface area contributed by atoms with E-state index in [4.69, 9.17) is 9.47 Å². The lowest BCUT2D eigenvalue weighted by molar-refractivity contribution is 0.102. The minimum Gasteiger partial charge on any atom is -0.497 e. The first-order valence-electron chi connectivity index (χ1n) is 8.31. The van der Waals surface area contributed by atoms with Gasteiger partial charge in [-0.3, -0.25) is 14.8 Å². The number of amides is 1. The molecular weight excluding hydrogens is 344 g/mol. The van der Waals surface area contributed by atoms with Gasteiger partial charge in [0.05, 0.1) is 31.2 Å². The average Bonchev–Trinajstić information content (AvgIpc) is 2.73. The van der Waals surface area contributed by atoms with Crippen LogP contribution in [0, 0.1) is 0 Å². The second kappa shape index (κ2) is 8.66. The molecule has 27 heavy (non-hydrogen) atoms. The average molecular weight is 364 g/mol. The molecule has 0 saturated carbocycles. The number of benzene rings is 1. The number of methoxy groups -OCH3 is 2. The van der Waals surface area contributed by atoms with Crippen LogP contribution < -0.4 is 20.1 Å². The van der Waals surface area contributed by atoms with Crippen LogP contribution in [0.3, 0.4) is 0 Å². The van der Waals surface area contributed by atoms with Crippen LogP contribution in [0.2, 0.25) is 0 Å². The fourth-order valence-electron chi connectivity index (χ4n) is 2.47. The van der Waals surface area contributed by atoms with Crippen molar-refractivity contribution in [3.8, 4) is 11.5 Å². The molecule has 1 aromatic carbocycles. The number of carbonyl (C=O) groups excluding carboxylic acids is 1. The molecule has 7 heteroatoms. The van der Waals surface area contributed by atoms with Crippen LogP contribution in [0.1, 0.15) is 15.9 Å². The molecule has 7 nitrogen and oxygen atoms in total. The van der Waals surface area contributed by atoms with Gasteiger partial charge in [0.25, 0.3) is 5.91 Å². The van der Waals surface area contributed by atoms with E-state index < -0.39 is 0 Å². The molecule has 0 aliphatic heterocycles. The second-order valence-electron chi connectivity index (χ2n) is 5.69. The smallest absolute Gasteiger partial charge is 0.257 e. The SMILES string of the molecule is COc1ccc(OC)c(NC(=O)c2cncc(NCc3ccncc3)c2)c1. The fraction of sp³-hybridized carbons (Fsp3) is 0.150. The third-order valence-corrected chi connectivity index (χ3v) is 3.90. The highest BCUT2D eigenvalue weighted by Crippen LogP contribution is 2.29. The maximum Gasteiger partial charge on any atom is 0.257 e. The number of anilines is 2. The molecule has 0 aliphatic rings. The van der Waals surface area contributed by atoms with Crippen molar-refractivity contribution >= 4 is 17.3 Å². The van der Waals surface area contributed by atoms with Gasteiger partial charge in [-0.25, -0.2) is 0 Å². The molecule has 3 aromatic rings. The van der Waals surface area contributed by atoms with E-state index in [1.165, 1.54) is 6.20 Å². The van der Waals surface area contributed by atoms with Gasteiger partial charge in [-0.1, -0.05) is 0 Å². The molecule has 0 saturated heterocycles. The van der Waals surface area contributed by atoms with Crippen LogP contribution >= 0.6 is 0 Å². The summed E-state index contributed by atoms with van der Waals surface area (Å²) in [5, 5.41) is 6.08. The maximum absolute atomic E-state index is 12.6. The highest BCUT2D eigenvalue weighted by molar-refractivity contribution is 6.05. The summed E-state index contributed by atoms with van der Waals surface area (Å²) in [6.07, 6.45) is 6.66. The van der Waals surface area contributed by atoms with Crippen molar-refractivity contribution in [2.24, 2.45) is 0 Å². The molecule has 1 amide bonds. The molecule has 0 spiro atoms. The van der Waals surface area contributed by atoms with Gasteiger partial charge in [-0.05, 0) is 35.9 Å². The molecule has 0 fully saturated rings. The first-order valence-corrected chi connectivity index (χ1v) is 8.31. The monoisotopic (exact) mass is 364 g/mol. The number of nitrogens with one attached hydrogen (secondary N) is 2. The van der Waals surface area contributed by atoms with E-state index in [1.807, 2.05) is 12.1 Å². The Bertz CT molecular complexity index is 916. The third-order valence-electron chi connectivity index (χ3n) is 3.90. The van der Waals surface area contributed by atoms with E-state index >= 15 is 0 Å². The van der Waals surface area contributed by atoms with Crippen molar-refractivity contribution < 1.29 is 14.3 Å². The highest BCUT2D eigenvalue weighted by atomic mass is 16.5. The minimum absolute atomic E-state index is 0.290. The number of ether oxygens (including phenoxy) is 2. The van der Waals surface area contributed by atoms with Gasteiger partial charge in [0.1, 0.15) is 11.5 Å². The van der Waals surface area contributed by atoms with Crippen LogP contribution in [0.15, 0.2) is 61.2 Å². The van der Waals surface area contributed by atoms with Crippen molar-refractivity contribution in [2.45, 2.75) is 6.54 Å². The van der Waals surface area contributed by atoms with Crippen molar-refractivity contribution in [1.82, 2.24) is 9.97 Å². The van der Waals surface area contributed by atoms with Gasteiger partial charge < -0.3 is 20.1 Å². The standard InChI is InChI=1S/C20H20N4O3/c1-26-17-3-4-19(27-2)18(10-17)24-20(25)15-9-16(13-22-12-15)23-11-14-5-7-21-8-6-14/h3-10,12-13,23H,11H2,1-2H3,(H,24,25). The molecule has 138 valence electrons. The molecule has 0 atom stereocenters. The van der Waals surface area contributed by atoms with E-state index in [0.717, 1.165) is 11.3 Å². The van der Waals surface area contributed by atoms with Crippen molar-refractivity contribution in [3.63, 3.8) is 0 Å². The molecule has 3 rings (SSSR count). The summed E-state index contributed by atoms with van der Waals surface area (Å²) in [6.45, 7) is 0.610.